The Morgan fingerprint density at radius 1 is 1.53 bits per heavy atom. The fourth-order valence-corrected chi connectivity index (χ4v) is 2.25. The van der Waals surface area contributed by atoms with Crippen LogP contribution in [0.15, 0.2) is 17.2 Å². The van der Waals surface area contributed by atoms with Gasteiger partial charge in [0.2, 0.25) is 0 Å². The Morgan fingerprint density at radius 3 is 2.74 bits per heavy atom. The fraction of sp³-hybridized carbons (Fsp3) is 0.583. The van der Waals surface area contributed by atoms with Crippen LogP contribution >= 0.6 is 11.8 Å². The second-order valence-corrected chi connectivity index (χ2v) is 5.63. The number of nitro groups is 1. The monoisotopic (exact) mass is 285 g/mol. The van der Waals surface area contributed by atoms with E-state index in [9.17, 15) is 15.2 Å². The van der Waals surface area contributed by atoms with Crippen LogP contribution in [0.2, 0.25) is 0 Å². The number of aliphatic hydroxyl groups excluding tert-OH is 1. The molecule has 1 aromatic rings. The van der Waals surface area contributed by atoms with Gasteiger partial charge in [-0.2, -0.15) is 0 Å². The number of hydrogen-bond donors (Lipinski definition) is 2. The lowest BCUT2D eigenvalue weighted by Gasteiger charge is -2.14. The highest BCUT2D eigenvalue weighted by Crippen LogP contribution is 2.32. The Bertz CT molecular complexity index is 440. The number of pyridine rings is 1. The quantitative estimate of drug-likeness (QED) is 0.455. The van der Waals surface area contributed by atoms with Gasteiger partial charge in [0.15, 0.2) is 5.03 Å². The second kappa shape index (κ2) is 7.30. The lowest BCUT2D eigenvalue weighted by molar-refractivity contribution is -0.388. The smallest absolute Gasteiger partial charge is 0.301 e. The van der Waals surface area contributed by atoms with Crippen molar-refractivity contribution in [3.05, 3.63) is 22.2 Å². The van der Waals surface area contributed by atoms with Crippen molar-refractivity contribution >= 4 is 23.3 Å². The molecule has 0 fully saturated rings. The van der Waals surface area contributed by atoms with Gasteiger partial charge >= 0.3 is 5.69 Å². The molecule has 2 atom stereocenters. The molecule has 0 amide bonds. The van der Waals surface area contributed by atoms with Gasteiger partial charge in [-0.25, -0.2) is 4.98 Å². The maximum atomic E-state index is 11.0. The largest absolute Gasteiger partial charge is 0.392 e. The van der Waals surface area contributed by atoms with E-state index in [-0.39, 0.29) is 10.9 Å². The lowest BCUT2D eigenvalue weighted by Crippen LogP contribution is -2.15. The van der Waals surface area contributed by atoms with Crippen LogP contribution in [0.3, 0.4) is 0 Å². The van der Waals surface area contributed by atoms with Crippen LogP contribution < -0.4 is 5.32 Å². The molecule has 1 aromatic heterocycles. The molecule has 0 radical (unpaired) electrons. The van der Waals surface area contributed by atoms with E-state index < -0.39 is 11.0 Å². The average molecular weight is 285 g/mol. The van der Waals surface area contributed by atoms with E-state index in [2.05, 4.69) is 10.3 Å². The molecule has 0 aliphatic rings. The molecule has 6 nitrogen and oxygen atoms in total. The molecule has 0 bridgehead atoms. The summed E-state index contributed by atoms with van der Waals surface area (Å²) >= 11 is 1.21. The van der Waals surface area contributed by atoms with Crippen LogP contribution in [0.4, 0.5) is 11.5 Å². The van der Waals surface area contributed by atoms with Crippen molar-refractivity contribution < 1.29 is 10.0 Å². The zero-order valence-corrected chi connectivity index (χ0v) is 12.1. The molecule has 0 aliphatic heterocycles. The van der Waals surface area contributed by atoms with Gasteiger partial charge < -0.3 is 10.4 Å². The highest BCUT2D eigenvalue weighted by atomic mass is 32.2. The van der Waals surface area contributed by atoms with Gasteiger partial charge in [-0.15, -0.1) is 0 Å². The third-order valence-corrected chi connectivity index (χ3v) is 3.86. The van der Waals surface area contributed by atoms with Gasteiger partial charge in [-0.05, 0) is 19.4 Å². The number of aromatic nitrogens is 1. The number of hydrogen-bond acceptors (Lipinski definition) is 6. The van der Waals surface area contributed by atoms with E-state index >= 15 is 0 Å². The normalized spacial score (nSPS) is 13.9. The van der Waals surface area contributed by atoms with Crippen LogP contribution in [0, 0.1) is 10.1 Å². The maximum Gasteiger partial charge on any atom is 0.301 e. The summed E-state index contributed by atoms with van der Waals surface area (Å²) in [5.74, 6) is 0.618. The van der Waals surface area contributed by atoms with Gasteiger partial charge in [0.1, 0.15) is 5.82 Å². The van der Waals surface area contributed by atoms with Gasteiger partial charge in [-0.1, -0.05) is 25.6 Å². The molecule has 2 N–H and O–H groups in total. The first-order chi connectivity index (χ1) is 8.95. The molecule has 0 saturated carbocycles. The first-order valence-electron chi connectivity index (χ1n) is 6.19. The number of nitrogens with one attached hydrogen (secondary N) is 1. The predicted octanol–water partition coefficient (Wildman–Crippen LogP) is 2.67. The van der Waals surface area contributed by atoms with Crippen molar-refractivity contribution in [2.45, 2.75) is 43.6 Å². The van der Waals surface area contributed by atoms with Crippen LogP contribution in [0.25, 0.3) is 0 Å². The molecule has 1 heterocycles. The van der Waals surface area contributed by atoms with E-state index in [0.29, 0.717) is 10.8 Å². The molecule has 0 saturated heterocycles. The van der Waals surface area contributed by atoms with E-state index in [1.54, 1.807) is 13.0 Å². The van der Waals surface area contributed by atoms with E-state index in [0.717, 1.165) is 13.0 Å². The fourth-order valence-electron chi connectivity index (χ4n) is 1.28. The van der Waals surface area contributed by atoms with Crippen molar-refractivity contribution in [2.24, 2.45) is 0 Å². The Hall–Kier alpha value is -1.34. The van der Waals surface area contributed by atoms with E-state index in [1.807, 2.05) is 13.8 Å². The number of aliphatic hydroxyl groups is 1. The summed E-state index contributed by atoms with van der Waals surface area (Å²) in [5.41, 5.74) is -0.0282. The molecule has 0 aromatic carbocycles. The number of anilines is 1. The molecule has 106 valence electrons. The summed E-state index contributed by atoms with van der Waals surface area (Å²) in [6.45, 7) is 6.26. The summed E-state index contributed by atoms with van der Waals surface area (Å²) in [7, 11) is 0. The summed E-state index contributed by atoms with van der Waals surface area (Å²) in [5, 5.41) is 23.7. The zero-order valence-electron chi connectivity index (χ0n) is 11.3. The van der Waals surface area contributed by atoms with Crippen molar-refractivity contribution in [3.63, 3.8) is 0 Å². The summed E-state index contributed by atoms with van der Waals surface area (Å²) in [4.78, 5) is 14.8. The van der Waals surface area contributed by atoms with Gasteiger partial charge in [0.05, 0.1) is 11.0 Å². The van der Waals surface area contributed by atoms with Gasteiger partial charge in [0, 0.05) is 17.9 Å². The Labute approximate surface area is 116 Å². The zero-order chi connectivity index (χ0) is 14.4. The Balaban J connectivity index is 2.98. The highest BCUT2D eigenvalue weighted by Gasteiger charge is 2.21. The number of nitrogens with zero attached hydrogens (tertiary/aromatic N) is 2. The van der Waals surface area contributed by atoms with Crippen LogP contribution in [0.1, 0.15) is 27.2 Å². The lowest BCUT2D eigenvalue weighted by atomic mass is 10.3. The molecule has 2 unspecified atom stereocenters. The first kappa shape index (κ1) is 15.7. The summed E-state index contributed by atoms with van der Waals surface area (Å²) in [6, 6.07) is 3.05. The van der Waals surface area contributed by atoms with Crippen LogP contribution in [-0.4, -0.2) is 32.9 Å². The molecule has 0 aliphatic carbocycles. The third-order valence-electron chi connectivity index (χ3n) is 2.57. The van der Waals surface area contributed by atoms with Crippen molar-refractivity contribution in [1.29, 1.82) is 0 Å². The number of thioether (sulfide) groups is 1. The maximum absolute atomic E-state index is 11.0. The topological polar surface area (TPSA) is 88.3 Å². The minimum atomic E-state index is -0.557. The average Bonchev–Trinajstić information content (AvgIpc) is 2.36. The standard InChI is InChI=1S/C12H19N3O3S/c1-4-7-13-11-6-5-10(15(17)18)12(14-11)19-9(3)8(2)16/h5-6,8-9,16H,4,7H2,1-3H3,(H,13,14). The van der Waals surface area contributed by atoms with Crippen molar-refractivity contribution in [1.82, 2.24) is 4.98 Å². The minimum Gasteiger partial charge on any atom is -0.392 e. The SMILES string of the molecule is CCCNc1ccc([N+](=O)[O-])c(SC(C)C(C)O)n1. The van der Waals surface area contributed by atoms with Crippen LogP contribution in [-0.2, 0) is 0 Å². The molecule has 7 heteroatoms. The van der Waals surface area contributed by atoms with E-state index in [1.165, 1.54) is 17.8 Å². The Kier molecular flexibility index (Phi) is 6.04. The second-order valence-electron chi connectivity index (χ2n) is 4.27. The minimum absolute atomic E-state index is 0.0282. The molecule has 0 spiro atoms. The van der Waals surface area contributed by atoms with Crippen molar-refractivity contribution in [2.75, 3.05) is 11.9 Å². The molecular formula is C12H19N3O3S. The molecule has 19 heavy (non-hydrogen) atoms. The first-order valence-corrected chi connectivity index (χ1v) is 7.07. The van der Waals surface area contributed by atoms with Crippen molar-refractivity contribution in [3.8, 4) is 0 Å². The predicted molar refractivity (Wildman–Crippen MR) is 76.7 cm³/mol. The molecule has 1 rings (SSSR count). The van der Waals surface area contributed by atoms with Gasteiger partial charge in [-0.3, -0.25) is 10.1 Å². The third kappa shape index (κ3) is 4.68. The van der Waals surface area contributed by atoms with Crippen LogP contribution in [0.5, 0.6) is 0 Å². The Morgan fingerprint density at radius 2 is 2.21 bits per heavy atom. The van der Waals surface area contributed by atoms with Gasteiger partial charge in [0.25, 0.3) is 0 Å². The highest BCUT2D eigenvalue weighted by molar-refractivity contribution is 8.00. The summed E-state index contributed by atoms with van der Waals surface area (Å²) < 4.78 is 0. The summed E-state index contributed by atoms with van der Waals surface area (Å²) in [6.07, 6.45) is 0.393. The number of rotatable bonds is 7. The molecular weight excluding hydrogens is 266 g/mol. The van der Waals surface area contributed by atoms with E-state index in [4.69, 9.17) is 0 Å².